The summed E-state index contributed by atoms with van der Waals surface area (Å²) in [5, 5.41) is 1.65. The molecule has 0 saturated carbocycles. The maximum atomic E-state index is 11.6. The van der Waals surface area contributed by atoms with Crippen LogP contribution in [0.25, 0.3) is 10.8 Å². The highest BCUT2D eigenvalue weighted by molar-refractivity contribution is 5.94. The van der Waals surface area contributed by atoms with Gasteiger partial charge in [0.25, 0.3) is 0 Å². The summed E-state index contributed by atoms with van der Waals surface area (Å²) in [6, 6.07) is 8.67. The molecule has 6 heteroatoms. The van der Waals surface area contributed by atoms with E-state index in [9.17, 15) is 9.59 Å². The Hall–Kier alpha value is -2.76. The summed E-state index contributed by atoms with van der Waals surface area (Å²) in [5.41, 5.74) is 0. The molecule has 0 fully saturated rings. The van der Waals surface area contributed by atoms with Crippen LogP contribution in [0.15, 0.2) is 30.3 Å². The van der Waals surface area contributed by atoms with Crippen molar-refractivity contribution in [1.82, 2.24) is 0 Å². The van der Waals surface area contributed by atoms with E-state index in [1.54, 1.807) is 38.5 Å². The van der Waals surface area contributed by atoms with Gasteiger partial charge in [0.1, 0.15) is 23.7 Å². The lowest BCUT2D eigenvalue weighted by atomic mass is 10.1. The number of methoxy groups -OCH3 is 3. The van der Waals surface area contributed by atoms with Gasteiger partial charge in [-0.25, -0.2) is 0 Å². The first-order chi connectivity index (χ1) is 10.6. The van der Waals surface area contributed by atoms with Gasteiger partial charge in [0.15, 0.2) is 0 Å². The van der Waals surface area contributed by atoms with Gasteiger partial charge in [-0.3, -0.25) is 9.59 Å². The SMILES string of the molecule is COC(=O)CC(=O)Oc1ccc2cc(OC)cc(OC)c2c1. The number of ether oxygens (including phenoxy) is 4. The van der Waals surface area contributed by atoms with Crippen molar-refractivity contribution in [3.8, 4) is 17.2 Å². The Labute approximate surface area is 127 Å². The molecule has 0 saturated heterocycles. The van der Waals surface area contributed by atoms with Crippen molar-refractivity contribution in [2.75, 3.05) is 21.3 Å². The first-order valence-electron chi connectivity index (χ1n) is 6.50. The molecule has 0 aromatic heterocycles. The number of fused-ring (bicyclic) bond motifs is 1. The van der Waals surface area contributed by atoms with Crippen LogP contribution < -0.4 is 14.2 Å². The first kappa shape index (κ1) is 15.6. The summed E-state index contributed by atoms with van der Waals surface area (Å²) < 4.78 is 20.1. The van der Waals surface area contributed by atoms with Gasteiger partial charge in [0.2, 0.25) is 0 Å². The molecule has 2 aromatic carbocycles. The second-order valence-corrected chi connectivity index (χ2v) is 4.44. The van der Waals surface area contributed by atoms with Crippen LogP contribution in [0.5, 0.6) is 17.2 Å². The van der Waals surface area contributed by atoms with Crippen molar-refractivity contribution < 1.29 is 28.5 Å². The molecule has 0 aliphatic rings. The maximum absolute atomic E-state index is 11.6. The molecule has 22 heavy (non-hydrogen) atoms. The van der Waals surface area contributed by atoms with E-state index in [-0.39, 0.29) is 0 Å². The van der Waals surface area contributed by atoms with Crippen LogP contribution in [0, 0.1) is 0 Å². The molecule has 0 aliphatic carbocycles. The lowest BCUT2D eigenvalue weighted by molar-refractivity contribution is -0.148. The Morgan fingerprint density at radius 1 is 0.909 bits per heavy atom. The summed E-state index contributed by atoms with van der Waals surface area (Å²) in [5.74, 6) is 0.261. The molecule has 0 N–H and O–H groups in total. The van der Waals surface area contributed by atoms with E-state index in [1.807, 2.05) is 6.07 Å². The van der Waals surface area contributed by atoms with Gasteiger partial charge in [-0.15, -0.1) is 0 Å². The van der Waals surface area contributed by atoms with Crippen molar-refractivity contribution in [2.45, 2.75) is 6.42 Å². The number of carbonyl (C=O) groups excluding carboxylic acids is 2. The number of hydrogen-bond donors (Lipinski definition) is 0. The third-order valence-corrected chi connectivity index (χ3v) is 3.06. The zero-order chi connectivity index (χ0) is 16.1. The average molecular weight is 304 g/mol. The number of carbonyl (C=O) groups is 2. The van der Waals surface area contributed by atoms with E-state index in [2.05, 4.69) is 4.74 Å². The van der Waals surface area contributed by atoms with Crippen LogP contribution >= 0.6 is 0 Å². The fraction of sp³-hybridized carbons (Fsp3) is 0.250. The highest BCUT2D eigenvalue weighted by Crippen LogP contribution is 2.33. The number of benzene rings is 2. The quantitative estimate of drug-likeness (QED) is 0.479. The second-order valence-electron chi connectivity index (χ2n) is 4.44. The van der Waals surface area contributed by atoms with Gasteiger partial charge in [-0.2, -0.15) is 0 Å². The predicted molar refractivity (Wildman–Crippen MR) is 79.3 cm³/mol. The van der Waals surface area contributed by atoms with Gasteiger partial charge in [-0.05, 0) is 23.6 Å². The van der Waals surface area contributed by atoms with Crippen LogP contribution in [-0.4, -0.2) is 33.3 Å². The summed E-state index contributed by atoms with van der Waals surface area (Å²) in [6.45, 7) is 0. The van der Waals surface area contributed by atoms with Crippen molar-refractivity contribution in [3.63, 3.8) is 0 Å². The minimum atomic E-state index is -0.682. The Morgan fingerprint density at radius 2 is 1.68 bits per heavy atom. The summed E-state index contributed by atoms with van der Waals surface area (Å²) >= 11 is 0. The van der Waals surface area contributed by atoms with Crippen molar-refractivity contribution in [1.29, 1.82) is 0 Å². The molecular weight excluding hydrogens is 288 g/mol. The largest absolute Gasteiger partial charge is 0.497 e. The molecule has 0 atom stereocenters. The van der Waals surface area contributed by atoms with Crippen LogP contribution in [0.4, 0.5) is 0 Å². The van der Waals surface area contributed by atoms with E-state index in [0.717, 1.165) is 10.8 Å². The summed E-state index contributed by atoms with van der Waals surface area (Å²) in [6.07, 6.45) is -0.436. The predicted octanol–water partition coefficient (Wildman–Crippen LogP) is 2.33. The van der Waals surface area contributed by atoms with Crippen LogP contribution in [0.2, 0.25) is 0 Å². The molecule has 0 amide bonds. The normalized spacial score (nSPS) is 10.1. The molecule has 0 bridgehead atoms. The maximum Gasteiger partial charge on any atom is 0.322 e. The molecular formula is C16H16O6. The fourth-order valence-corrected chi connectivity index (χ4v) is 1.98. The minimum Gasteiger partial charge on any atom is -0.497 e. The van der Waals surface area contributed by atoms with Gasteiger partial charge in [-0.1, -0.05) is 6.07 Å². The molecule has 0 unspecified atom stereocenters. The number of rotatable bonds is 5. The molecule has 2 aromatic rings. The Balaban J connectivity index is 2.30. The molecule has 0 spiro atoms. The Bertz CT molecular complexity index is 707. The zero-order valence-corrected chi connectivity index (χ0v) is 12.5. The van der Waals surface area contributed by atoms with Crippen LogP contribution in [-0.2, 0) is 14.3 Å². The molecule has 2 rings (SSSR count). The highest BCUT2D eigenvalue weighted by atomic mass is 16.5. The molecule has 0 heterocycles. The van der Waals surface area contributed by atoms with E-state index in [4.69, 9.17) is 14.2 Å². The topological polar surface area (TPSA) is 71.1 Å². The van der Waals surface area contributed by atoms with E-state index in [1.165, 1.54) is 7.11 Å². The lowest BCUT2D eigenvalue weighted by Gasteiger charge is -2.10. The smallest absolute Gasteiger partial charge is 0.322 e. The van der Waals surface area contributed by atoms with Gasteiger partial charge >= 0.3 is 11.9 Å². The molecule has 116 valence electrons. The van der Waals surface area contributed by atoms with Crippen molar-refractivity contribution in [3.05, 3.63) is 30.3 Å². The zero-order valence-electron chi connectivity index (χ0n) is 12.5. The van der Waals surface area contributed by atoms with E-state index >= 15 is 0 Å². The Morgan fingerprint density at radius 3 is 2.32 bits per heavy atom. The lowest BCUT2D eigenvalue weighted by Crippen LogP contribution is -2.14. The standard InChI is InChI=1S/C16H16O6/c1-19-12-6-10-4-5-11(7-13(10)14(8-12)20-2)22-16(18)9-15(17)21-3/h4-8H,9H2,1-3H3. The van der Waals surface area contributed by atoms with Crippen molar-refractivity contribution in [2.24, 2.45) is 0 Å². The molecule has 0 aliphatic heterocycles. The monoisotopic (exact) mass is 304 g/mol. The summed E-state index contributed by atoms with van der Waals surface area (Å²) in [7, 11) is 4.33. The average Bonchev–Trinajstić information content (AvgIpc) is 2.53. The van der Waals surface area contributed by atoms with Crippen molar-refractivity contribution >= 4 is 22.7 Å². The van der Waals surface area contributed by atoms with Gasteiger partial charge in [0.05, 0.1) is 21.3 Å². The number of esters is 2. The number of hydrogen-bond acceptors (Lipinski definition) is 6. The van der Waals surface area contributed by atoms with Gasteiger partial charge < -0.3 is 18.9 Å². The van der Waals surface area contributed by atoms with E-state index < -0.39 is 18.4 Å². The van der Waals surface area contributed by atoms with Crippen LogP contribution in [0.1, 0.15) is 6.42 Å². The third kappa shape index (κ3) is 3.46. The summed E-state index contributed by atoms with van der Waals surface area (Å²) in [4.78, 5) is 22.6. The minimum absolute atomic E-state index is 0.324. The first-order valence-corrected chi connectivity index (χ1v) is 6.50. The molecule has 6 nitrogen and oxygen atoms in total. The Kier molecular flexibility index (Phi) is 4.83. The third-order valence-electron chi connectivity index (χ3n) is 3.06. The fourth-order valence-electron chi connectivity index (χ4n) is 1.98. The van der Waals surface area contributed by atoms with E-state index in [0.29, 0.717) is 17.2 Å². The molecule has 0 radical (unpaired) electrons. The van der Waals surface area contributed by atoms with Gasteiger partial charge in [0, 0.05) is 11.5 Å². The second kappa shape index (κ2) is 6.80. The highest BCUT2D eigenvalue weighted by Gasteiger charge is 2.13. The van der Waals surface area contributed by atoms with Crippen LogP contribution in [0.3, 0.4) is 0 Å².